The number of primary amides is 1. The number of benzene rings is 1. The maximum absolute atomic E-state index is 12.5. The summed E-state index contributed by atoms with van der Waals surface area (Å²) < 4.78 is 12.5. The fraction of sp³-hybridized carbons (Fsp3) is 0.300. The fourth-order valence-electron chi connectivity index (χ4n) is 2.81. The molecule has 3 rings (SSSR count). The number of amides is 2. The van der Waals surface area contributed by atoms with E-state index < -0.39 is 5.91 Å². The van der Waals surface area contributed by atoms with Crippen LogP contribution in [0.15, 0.2) is 40.1 Å². The number of rotatable bonds is 10. The molecular formula is C20H22ClN5O4S. The molecule has 2 aromatic heterocycles. The highest BCUT2D eigenvalue weighted by Gasteiger charge is 2.17. The van der Waals surface area contributed by atoms with Crippen LogP contribution in [0.25, 0.3) is 0 Å². The van der Waals surface area contributed by atoms with Gasteiger partial charge in [-0.3, -0.25) is 14.2 Å². The normalized spacial score (nSPS) is 10.8. The second-order valence-electron chi connectivity index (χ2n) is 6.67. The molecular weight excluding hydrogens is 442 g/mol. The topological polar surface area (TPSA) is 125 Å². The minimum absolute atomic E-state index is 0.0942. The van der Waals surface area contributed by atoms with Gasteiger partial charge in [0.1, 0.15) is 17.3 Å². The third-order valence-corrected chi connectivity index (χ3v) is 5.74. The van der Waals surface area contributed by atoms with Gasteiger partial charge in [-0.2, -0.15) is 0 Å². The molecule has 0 saturated carbocycles. The number of anilines is 1. The van der Waals surface area contributed by atoms with Crippen molar-refractivity contribution in [3.05, 3.63) is 52.7 Å². The first-order valence-corrected chi connectivity index (χ1v) is 10.7. The lowest BCUT2D eigenvalue weighted by molar-refractivity contribution is -0.118. The van der Waals surface area contributed by atoms with Gasteiger partial charge in [-0.15, -0.1) is 10.2 Å². The minimum atomic E-state index is -0.423. The van der Waals surface area contributed by atoms with Gasteiger partial charge in [0.25, 0.3) is 0 Å². The number of hydrogen-bond acceptors (Lipinski definition) is 7. The molecule has 0 aliphatic heterocycles. The van der Waals surface area contributed by atoms with E-state index in [1.165, 1.54) is 18.9 Å². The first kappa shape index (κ1) is 22.7. The second-order valence-corrected chi connectivity index (χ2v) is 8.02. The number of thioether (sulfide) groups is 1. The predicted molar refractivity (Wildman–Crippen MR) is 117 cm³/mol. The number of hydrogen-bond donors (Lipinski definition) is 2. The number of methoxy groups -OCH3 is 1. The monoisotopic (exact) mass is 463 g/mol. The van der Waals surface area contributed by atoms with Gasteiger partial charge in [-0.1, -0.05) is 23.4 Å². The van der Waals surface area contributed by atoms with E-state index in [-0.39, 0.29) is 18.1 Å². The summed E-state index contributed by atoms with van der Waals surface area (Å²) in [5, 5.41) is 12.2. The maximum atomic E-state index is 12.5. The summed E-state index contributed by atoms with van der Waals surface area (Å²) in [7, 11) is 1.51. The lowest BCUT2D eigenvalue weighted by atomic mass is 10.2. The molecule has 0 saturated heterocycles. The van der Waals surface area contributed by atoms with Crippen LogP contribution in [0.2, 0.25) is 5.02 Å². The molecule has 11 heteroatoms. The molecule has 2 heterocycles. The number of ether oxygens (including phenoxy) is 1. The van der Waals surface area contributed by atoms with Gasteiger partial charge < -0.3 is 20.2 Å². The van der Waals surface area contributed by atoms with Crippen LogP contribution in [-0.2, 0) is 22.6 Å². The second kappa shape index (κ2) is 10.4. The molecule has 2 amide bonds. The third-order valence-electron chi connectivity index (χ3n) is 4.37. The first-order valence-electron chi connectivity index (χ1n) is 9.37. The average molecular weight is 464 g/mol. The number of carbonyl (C=O) groups is 2. The van der Waals surface area contributed by atoms with Crippen LogP contribution in [0.1, 0.15) is 23.6 Å². The molecule has 3 N–H and O–H groups in total. The van der Waals surface area contributed by atoms with Gasteiger partial charge in [0.05, 0.1) is 31.4 Å². The molecule has 0 radical (unpaired) electrons. The number of nitrogens with one attached hydrogen (secondary N) is 1. The van der Waals surface area contributed by atoms with Crippen LogP contribution < -0.4 is 15.8 Å². The fourth-order valence-corrected chi connectivity index (χ4v) is 3.72. The van der Waals surface area contributed by atoms with Crippen molar-refractivity contribution in [2.24, 2.45) is 5.73 Å². The number of aromatic nitrogens is 3. The van der Waals surface area contributed by atoms with Crippen molar-refractivity contribution in [2.45, 2.75) is 31.5 Å². The van der Waals surface area contributed by atoms with Crippen LogP contribution in [0, 0.1) is 6.92 Å². The van der Waals surface area contributed by atoms with Crippen molar-refractivity contribution in [3.8, 4) is 5.75 Å². The Morgan fingerprint density at radius 2 is 2.16 bits per heavy atom. The van der Waals surface area contributed by atoms with Crippen LogP contribution in [0.5, 0.6) is 5.75 Å². The highest BCUT2D eigenvalue weighted by molar-refractivity contribution is 7.99. The van der Waals surface area contributed by atoms with Crippen LogP contribution in [-0.4, -0.2) is 39.4 Å². The number of aryl methyl sites for hydroxylation is 2. The van der Waals surface area contributed by atoms with E-state index in [0.717, 1.165) is 5.56 Å². The van der Waals surface area contributed by atoms with Crippen molar-refractivity contribution in [3.63, 3.8) is 0 Å². The first-order chi connectivity index (χ1) is 14.9. The van der Waals surface area contributed by atoms with E-state index in [0.29, 0.717) is 46.2 Å². The lowest BCUT2D eigenvalue weighted by Crippen LogP contribution is -2.16. The van der Waals surface area contributed by atoms with Crippen molar-refractivity contribution in [2.75, 3.05) is 18.2 Å². The standard InChI is InChI=1S/C20H22ClN5O4S/c1-12-8-15(16(29-2)9-14(12)21)23-19(28)11-31-20-25-24-18(6-5-17(22)27)26(20)10-13-4-3-7-30-13/h3-4,7-9H,5-6,10-11H2,1-2H3,(H2,22,27)(H,23,28). The number of nitrogens with two attached hydrogens (primary N) is 1. The molecule has 0 aliphatic carbocycles. The van der Waals surface area contributed by atoms with E-state index >= 15 is 0 Å². The Balaban J connectivity index is 1.71. The van der Waals surface area contributed by atoms with E-state index in [1.807, 2.05) is 17.6 Å². The molecule has 0 bridgehead atoms. The molecule has 0 spiro atoms. The summed E-state index contributed by atoms with van der Waals surface area (Å²) >= 11 is 7.34. The SMILES string of the molecule is COc1cc(Cl)c(C)cc1NC(=O)CSc1nnc(CCC(N)=O)n1Cc1ccco1. The Morgan fingerprint density at radius 3 is 2.84 bits per heavy atom. The minimum Gasteiger partial charge on any atom is -0.495 e. The summed E-state index contributed by atoms with van der Waals surface area (Å²) in [6.07, 6.45) is 2.07. The van der Waals surface area contributed by atoms with Crippen LogP contribution in [0.3, 0.4) is 0 Å². The number of furan rings is 1. The molecule has 31 heavy (non-hydrogen) atoms. The van der Waals surface area contributed by atoms with E-state index in [1.54, 1.807) is 24.5 Å². The summed E-state index contributed by atoms with van der Waals surface area (Å²) in [4.78, 5) is 23.7. The van der Waals surface area contributed by atoms with Crippen molar-refractivity contribution >= 4 is 40.9 Å². The predicted octanol–water partition coefficient (Wildman–Crippen LogP) is 3.04. The molecule has 9 nitrogen and oxygen atoms in total. The third kappa shape index (κ3) is 6.02. The molecule has 0 atom stereocenters. The summed E-state index contributed by atoms with van der Waals surface area (Å²) in [6, 6.07) is 7.02. The zero-order valence-electron chi connectivity index (χ0n) is 17.1. The number of halogens is 1. The Labute approximate surface area is 188 Å². The molecule has 1 aromatic carbocycles. The van der Waals surface area contributed by atoms with Crippen LogP contribution >= 0.6 is 23.4 Å². The zero-order valence-corrected chi connectivity index (χ0v) is 18.6. The summed E-state index contributed by atoms with van der Waals surface area (Å²) in [5.74, 6) is 1.20. The van der Waals surface area contributed by atoms with Gasteiger partial charge in [0, 0.05) is 23.9 Å². The Kier molecular flexibility index (Phi) is 7.59. The Bertz CT molecular complexity index is 1070. The smallest absolute Gasteiger partial charge is 0.234 e. The van der Waals surface area contributed by atoms with Gasteiger partial charge in [-0.25, -0.2) is 0 Å². The van der Waals surface area contributed by atoms with Gasteiger partial charge in [-0.05, 0) is 30.7 Å². The van der Waals surface area contributed by atoms with Crippen molar-refractivity contribution in [1.82, 2.24) is 14.8 Å². The molecule has 3 aromatic rings. The van der Waals surface area contributed by atoms with Crippen molar-refractivity contribution < 1.29 is 18.7 Å². The molecule has 0 fully saturated rings. The molecule has 164 valence electrons. The Morgan fingerprint density at radius 1 is 1.35 bits per heavy atom. The van der Waals surface area contributed by atoms with Crippen LogP contribution in [0.4, 0.5) is 5.69 Å². The zero-order chi connectivity index (χ0) is 22.4. The average Bonchev–Trinajstić information content (AvgIpc) is 3.38. The van der Waals surface area contributed by atoms with Gasteiger partial charge in [0.15, 0.2) is 5.16 Å². The largest absolute Gasteiger partial charge is 0.495 e. The summed E-state index contributed by atoms with van der Waals surface area (Å²) in [5.41, 5.74) is 6.62. The van der Waals surface area contributed by atoms with E-state index in [2.05, 4.69) is 15.5 Å². The molecule has 0 unspecified atom stereocenters. The van der Waals surface area contributed by atoms with E-state index in [9.17, 15) is 9.59 Å². The highest BCUT2D eigenvalue weighted by Crippen LogP contribution is 2.31. The lowest BCUT2D eigenvalue weighted by Gasteiger charge is -2.12. The highest BCUT2D eigenvalue weighted by atomic mass is 35.5. The van der Waals surface area contributed by atoms with E-state index in [4.69, 9.17) is 26.5 Å². The van der Waals surface area contributed by atoms with Gasteiger partial charge in [0.2, 0.25) is 11.8 Å². The number of carbonyl (C=O) groups excluding carboxylic acids is 2. The van der Waals surface area contributed by atoms with Gasteiger partial charge >= 0.3 is 0 Å². The number of nitrogens with zero attached hydrogens (tertiary/aromatic N) is 3. The maximum Gasteiger partial charge on any atom is 0.234 e. The molecule has 0 aliphatic rings. The Hall–Kier alpha value is -2.98. The van der Waals surface area contributed by atoms with Crippen molar-refractivity contribution in [1.29, 1.82) is 0 Å². The quantitative estimate of drug-likeness (QED) is 0.442. The summed E-state index contributed by atoms with van der Waals surface area (Å²) in [6.45, 7) is 2.22.